The average Bonchev–Trinajstić information content (AvgIpc) is 2.21. The van der Waals surface area contributed by atoms with Crippen LogP contribution in [0.5, 0.6) is 0 Å². The molecular weight excluding hydrogens is 188 g/mol. The molecule has 88 valence electrons. The van der Waals surface area contributed by atoms with Crippen LogP contribution in [0.15, 0.2) is 11.6 Å². The molecule has 2 nitrogen and oxygen atoms in total. The van der Waals surface area contributed by atoms with Crippen LogP contribution in [0.4, 0.5) is 0 Å². The van der Waals surface area contributed by atoms with Crippen molar-refractivity contribution in [3.8, 4) is 0 Å². The van der Waals surface area contributed by atoms with Crippen molar-refractivity contribution in [3.63, 3.8) is 0 Å². The van der Waals surface area contributed by atoms with Gasteiger partial charge in [0.05, 0.1) is 6.61 Å². The van der Waals surface area contributed by atoms with Gasteiger partial charge in [-0.2, -0.15) is 0 Å². The fraction of sp³-hybridized carbons (Fsp3) is 0.769. The molecule has 0 rings (SSSR count). The van der Waals surface area contributed by atoms with Gasteiger partial charge in [0, 0.05) is 5.57 Å². The predicted octanol–water partition coefficient (Wildman–Crippen LogP) is 3.71. The fourth-order valence-electron chi connectivity index (χ4n) is 1.23. The second-order valence-corrected chi connectivity index (χ2v) is 4.35. The van der Waals surface area contributed by atoms with Crippen LogP contribution in [0.1, 0.15) is 53.4 Å². The minimum absolute atomic E-state index is 0.179. The van der Waals surface area contributed by atoms with Gasteiger partial charge in [-0.15, -0.1) is 0 Å². The van der Waals surface area contributed by atoms with Gasteiger partial charge in [-0.05, 0) is 26.2 Å². The van der Waals surface area contributed by atoms with Crippen LogP contribution < -0.4 is 0 Å². The monoisotopic (exact) mass is 212 g/mol. The van der Waals surface area contributed by atoms with Crippen molar-refractivity contribution in [2.24, 2.45) is 5.92 Å². The number of ether oxygens (including phenoxy) is 1. The van der Waals surface area contributed by atoms with Gasteiger partial charge in [-0.3, -0.25) is 0 Å². The summed E-state index contributed by atoms with van der Waals surface area (Å²) in [5.41, 5.74) is 0.692. The summed E-state index contributed by atoms with van der Waals surface area (Å²) in [4.78, 5) is 11.2. The first-order chi connectivity index (χ1) is 7.07. The molecule has 0 radical (unpaired) electrons. The number of unbranched alkanes of at least 4 members (excludes halogenated alkanes) is 2. The number of carbonyl (C=O) groups excluding carboxylic acids is 1. The lowest BCUT2D eigenvalue weighted by Crippen LogP contribution is -2.06. The summed E-state index contributed by atoms with van der Waals surface area (Å²) in [5, 5.41) is 0. The molecule has 0 heterocycles. The van der Waals surface area contributed by atoms with Gasteiger partial charge in [-0.1, -0.05) is 39.2 Å². The molecule has 0 amide bonds. The van der Waals surface area contributed by atoms with Crippen LogP contribution in [-0.2, 0) is 9.53 Å². The summed E-state index contributed by atoms with van der Waals surface area (Å²) < 4.78 is 5.09. The molecule has 0 aliphatic heterocycles. The van der Waals surface area contributed by atoms with E-state index in [4.69, 9.17) is 4.74 Å². The Kier molecular flexibility index (Phi) is 8.06. The lowest BCUT2D eigenvalue weighted by atomic mass is 10.1. The zero-order valence-electron chi connectivity index (χ0n) is 10.5. The lowest BCUT2D eigenvalue weighted by Gasteiger charge is -2.05. The Bertz CT molecular complexity index is 205. The second kappa shape index (κ2) is 8.51. The van der Waals surface area contributed by atoms with E-state index >= 15 is 0 Å². The molecule has 0 aromatic heterocycles. The normalized spacial score (nSPS) is 11.9. The minimum atomic E-state index is -0.179. The summed E-state index contributed by atoms with van der Waals surface area (Å²) in [6, 6.07) is 0. The van der Waals surface area contributed by atoms with Gasteiger partial charge in [0.1, 0.15) is 0 Å². The van der Waals surface area contributed by atoms with Gasteiger partial charge in [0.25, 0.3) is 0 Å². The Hall–Kier alpha value is -0.790. The second-order valence-electron chi connectivity index (χ2n) is 4.35. The molecular formula is C13H24O2. The quantitative estimate of drug-likeness (QED) is 0.365. The topological polar surface area (TPSA) is 26.3 Å². The molecule has 0 N–H and O–H groups in total. The first-order valence-corrected chi connectivity index (χ1v) is 5.88. The molecule has 0 aromatic carbocycles. The lowest BCUT2D eigenvalue weighted by molar-refractivity contribution is -0.139. The van der Waals surface area contributed by atoms with Crippen LogP contribution in [0.25, 0.3) is 0 Å². The van der Waals surface area contributed by atoms with Crippen molar-refractivity contribution in [2.45, 2.75) is 53.4 Å². The molecule has 0 bridgehead atoms. The third-order valence-corrected chi connectivity index (χ3v) is 2.41. The Morgan fingerprint density at radius 3 is 2.47 bits per heavy atom. The number of allylic oxidation sites excluding steroid dienone is 1. The van der Waals surface area contributed by atoms with Crippen LogP contribution in [-0.4, -0.2) is 12.6 Å². The Morgan fingerprint density at radius 1 is 1.27 bits per heavy atom. The highest BCUT2D eigenvalue weighted by Gasteiger charge is 2.03. The van der Waals surface area contributed by atoms with Crippen molar-refractivity contribution in [1.29, 1.82) is 0 Å². The maximum Gasteiger partial charge on any atom is 0.333 e. The van der Waals surface area contributed by atoms with E-state index in [0.29, 0.717) is 12.2 Å². The summed E-state index contributed by atoms with van der Waals surface area (Å²) in [6.45, 7) is 8.65. The van der Waals surface area contributed by atoms with E-state index in [2.05, 4.69) is 13.8 Å². The van der Waals surface area contributed by atoms with Crippen molar-refractivity contribution >= 4 is 5.97 Å². The molecule has 0 aromatic rings. The number of esters is 1. The van der Waals surface area contributed by atoms with Gasteiger partial charge >= 0.3 is 5.97 Å². The predicted molar refractivity (Wildman–Crippen MR) is 63.7 cm³/mol. The molecule has 2 heteroatoms. The highest BCUT2D eigenvalue weighted by atomic mass is 16.5. The SMILES string of the molecule is CC=C(C)C(=O)OCCCCCC(C)C. The van der Waals surface area contributed by atoms with Gasteiger partial charge in [0.15, 0.2) is 0 Å². The van der Waals surface area contributed by atoms with Crippen molar-refractivity contribution < 1.29 is 9.53 Å². The maximum atomic E-state index is 11.2. The maximum absolute atomic E-state index is 11.2. The third kappa shape index (κ3) is 8.22. The molecule has 0 aliphatic rings. The summed E-state index contributed by atoms with van der Waals surface area (Å²) in [6.07, 6.45) is 6.41. The Labute approximate surface area is 93.7 Å². The third-order valence-electron chi connectivity index (χ3n) is 2.41. The highest BCUT2D eigenvalue weighted by molar-refractivity contribution is 5.87. The largest absolute Gasteiger partial charge is 0.462 e. The van der Waals surface area contributed by atoms with E-state index in [0.717, 1.165) is 18.8 Å². The van der Waals surface area contributed by atoms with E-state index in [1.807, 2.05) is 6.92 Å². The first-order valence-electron chi connectivity index (χ1n) is 5.88. The van der Waals surface area contributed by atoms with E-state index in [-0.39, 0.29) is 5.97 Å². The summed E-state index contributed by atoms with van der Waals surface area (Å²) in [5.74, 6) is 0.596. The zero-order chi connectivity index (χ0) is 11.7. The highest BCUT2D eigenvalue weighted by Crippen LogP contribution is 2.08. The number of hydrogen-bond donors (Lipinski definition) is 0. The summed E-state index contributed by atoms with van der Waals surface area (Å²) in [7, 11) is 0. The molecule has 0 saturated carbocycles. The van der Waals surface area contributed by atoms with Crippen molar-refractivity contribution in [2.75, 3.05) is 6.61 Å². The molecule has 0 spiro atoms. The molecule has 0 aliphatic carbocycles. The molecule has 15 heavy (non-hydrogen) atoms. The van der Waals surface area contributed by atoms with E-state index in [1.165, 1.54) is 12.8 Å². The van der Waals surface area contributed by atoms with E-state index in [1.54, 1.807) is 13.0 Å². The Morgan fingerprint density at radius 2 is 1.93 bits per heavy atom. The first kappa shape index (κ1) is 14.2. The molecule has 0 atom stereocenters. The smallest absolute Gasteiger partial charge is 0.333 e. The number of hydrogen-bond acceptors (Lipinski definition) is 2. The van der Waals surface area contributed by atoms with Gasteiger partial charge in [0.2, 0.25) is 0 Å². The van der Waals surface area contributed by atoms with Crippen LogP contribution in [0, 0.1) is 5.92 Å². The van der Waals surface area contributed by atoms with Crippen molar-refractivity contribution in [3.05, 3.63) is 11.6 Å². The standard InChI is InChI=1S/C13H24O2/c1-5-12(4)13(14)15-10-8-6-7-9-11(2)3/h5,11H,6-10H2,1-4H3. The summed E-state index contributed by atoms with van der Waals surface area (Å²) >= 11 is 0. The van der Waals surface area contributed by atoms with Crippen LogP contribution >= 0.6 is 0 Å². The van der Waals surface area contributed by atoms with Crippen molar-refractivity contribution in [1.82, 2.24) is 0 Å². The van der Waals surface area contributed by atoms with Crippen LogP contribution in [0.3, 0.4) is 0 Å². The van der Waals surface area contributed by atoms with Gasteiger partial charge in [-0.25, -0.2) is 4.79 Å². The molecule has 0 fully saturated rings. The van der Waals surface area contributed by atoms with Gasteiger partial charge < -0.3 is 4.74 Å². The average molecular weight is 212 g/mol. The minimum Gasteiger partial charge on any atom is -0.462 e. The number of rotatable bonds is 7. The van der Waals surface area contributed by atoms with E-state index < -0.39 is 0 Å². The zero-order valence-corrected chi connectivity index (χ0v) is 10.5. The fourth-order valence-corrected chi connectivity index (χ4v) is 1.23. The molecule has 0 saturated heterocycles. The number of carbonyl (C=O) groups is 1. The van der Waals surface area contributed by atoms with Crippen LogP contribution in [0.2, 0.25) is 0 Å². The molecule has 0 unspecified atom stereocenters. The van der Waals surface area contributed by atoms with E-state index in [9.17, 15) is 4.79 Å². The Balaban J connectivity index is 3.35.